The Morgan fingerprint density at radius 2 is 1.97 bits per heavy atom. The summed E-state index contributed by atoms with van der Waals surface area (Å²) in [7, 11) is 2.02. The summed E-state index contributed by atoms with van der Waals surface area (Å²) < 4.78 is 16.4. The minimum atomic E-state index is -0.623. The van der Waals surface area contributed by atoms with Crippen LogP contribution < -0.4 is 5.56 Å². The smallest absolute Gasteiger partial charge is 0.302 e. The molecule has 4 aromatic rings. The Labute approximate surface area is 204 Å². The van der Waals surface area contributed by atoms with Gasteiger partial charge in [-0.05, 0) is 31.2 Å². The first-order valence-electron chi connectivity index (χ1n) is 11.3. The molecule has 0 spiro atoms. The summed E-state index contributed by atoms with van der Waals surface area (Å²) in [6.45, 7) is 4.71. The van der Waals surface area contributed by atoms with E-state index in [0.717, 1.165) is 23.5 Å². The third kappa shape index (κ3) is 4.56. The van der Waals surface area contributed by atoms with Gasteiger partial charge in [0.15, 0.2) is 5.69 Å². The average molecular weight is 497 g/mol. The lowest BCUT2D eigenvalue weighted by Gasteiger charge is -2.32. The van der Waals surface area contributed by atoms with Gasteiger partial charge in [-0.1, -0.05) is 12.1 Å². The average Bonchev–Trinajstić information content (AvgIpc) is 3.46. The van der Waals surface area contributed by atoms with Gasteiger partial charge in [0.05, 0.1) is 0 Å². The highest BCUT2D eigenvalue weighted by molar-refractivity contribution is 7.15. The molecule has 1 saturated heterocycles. The van der Waals surface area contributed by atoms with Crippen LogP contribution in [0.4, 0.5) is 4.39 Å². The number of halogens is 1. The van der Waals surface area contributed by atoms with Crippen molar-refractivity contribution in [2.45, 2.75) is 19.9 Å². The van der Waals surface area contributed by atoms with Crippen molar-refractivity contribution in [1.82, 2.24) is 28.7 Å². The fourth-order valence-corrected chi connectivity index (χ4v) is 5.09. The maximum absolute atomic E-state index is 13.6. The maximum atomic E-state index is 13.6. The van der Waals surface area contributed by atoms with Crippen LogP contribution in [0.5, 0.6) is 5.75 Å². The van der Waals surface area contributed by atoms with Crippen LogP contribution in [0.15, 0.2) is 41.6 Å². The zero-order valence-corrected chi connectivity index (χ0v) is 20.3. The van der Waals surface area contributed by atoms with E-state index in [1.807, 2.05) is 7.05 Å². The molecule has 1 aliphatic rings. The first-order chi connectivity index (χ1) is 16.8. The summed E-state index contributed by atoms with van der Waals surface area (Å²) in [5.41, 5.74) is 0.954. The Morgan fingerprint density at radius 1 is 1.20 bits per heavy atom. The summed E-state index contributed by atoms with van der Waals surface area (Å²) in [6, 6.07) is 4.94. The molecule has 3 aromatic heterocycles. The molecule has 1 N–H and O–H groups in total. The molecule has 0 bridgehead atoms. The number of carbonyl (C=O) groups is 1. The molecule has 11 heteroatoms. The van der Waals surface area contributed by atoms with Crippen molar-refractivity contribution in [3.8, 4) is 16.5 Å². The quantitative estimate of drug-likeness (QED) is 0.455. The van der Waals surface area contributed by atoms with Crippen molar-refractivity contribution in [3.63, 3.8) is 0 Å². The number of aromatic hydroxyl groups is 1. The number of likely N-dealkylation sites (N-methyl/N-ethyl adjacent to an activating group) is 1. The molecule has 4 heterocycles. The third-order valence-corrected chi connectivity index (χ3v) is 7.25. The fourth-order valence-electron chi connectivity index (χ4n) is 4.15. The lowest BCUT2D eigenvalue weighted by molar-refractivity contribution is -0.133. The predicted molar refractivity (Wildman–Crippen MR) is 130 cm³/mol. The molecular weight excluding hydrogens is 471 g/mol. The highest BCUT2D eigenvalue weighted by Crippen LogP contribution is 2.30. The zero-order chi connectivity index (χ0) is 24.7. The summed E-state index contributed by atoms with van der Waals surface area (Å²) in [5.74, 6) is -0.540. The standard InChI is InChI=1S/C24H25FN6O3S/c1-15-11-16(3-4-18(15)25)12-17-13-26-22(35-17)20-21(33)23(34)31-10-9-30(24(31)27-20)14-19(32)29-7-5-28(2)6-8-29/h3-4,9-11,13,33H,5-8,12,14H2,1-2H3. The predicted octanol–water partition coefficient (Wildman–Crippen LogP) is 2.14. The number of aryl methyl sites for hydroxylation is 1. The van der Waals surface area contributed by atoms with Crippen molar-refractivity contribution < 1.29 is 14.3 Å². The highest BCUT2D eigenvalue weighted by Gasteiger charge is 2.22. The van der Waals surface area contributed by atoms with E-state index in [9.17, 15) is 19.1 Å². The number of rotatable bonds is 5. The zero-order valence-electron chi connectivity index (χ0n) is 19.4. The van der Waals surface area contributed by atoms with Gasteiger partial charge < -0.3 is 19.5 Å². The molecule has 182 valence electrons. The van der Waals surface area contributed by atoms with Crippen molar-refractivity contribution in [1.29, 1.82) is 0 Å². The second kappa shape index (κ2) is 9.23. The molecule has 0 aliphatic carbocycles. The van der Waals surface area contributed by atoms with E-state index < -0.39 is 11.3 Å². The first-order valence-corrected chi connectivity index (χ1v) is 12.1. The van der Waals surface area contributed by atoms with Gasteiger partial charge in [0.2, 0.25) is 17.4 Å². The normalized spacial score (nSPS) is 14.7. The molecule has 0 saturated carbocycles. The number of carbonyl (C=O) groups excluding carboxylic acids is 1. The van der Waals surface area contributed by atoms with Crippen LogP contribution in [-0.2, 0) is 17.8 Å². The number of fused-ring (bicyclic) bond motifs is 1. The molecule has 1 aliphatic heterocycles. The molecule has 35 heavy (non-hydrogen) atoms. The summed E-state index contributed by atoms with van der Waals surface area (Å²) >= 11 is 1.30. The lowest BCUT2D eigenvalue weighted by atomic mass is 10.1. The van der Waals surface area contributed by atoms with Gasteiger partial charge in [-0.3, -0.25) is 9.59 Å². The van der Waals surface area contributed by atoms with E-state index in [1.54, 1.807) is 40.9 Å². The van der Waals surface area contributed by atoms with Crippen molar-refractivity contribution in [2.75, 3.05) is 33.2 Å². The van der Waals surface area contributed by atoms with Crippen molar-refractivity contribution in [2.24, 2.45) is 0 Å². The second-order valence-corrected chi connectivity index (χ2v) is 9.90. The molecule has 0 atom stereocenters. The number of hydrogen-bond donors (Lipinski definition) is 1. The minimum absolute atomic E-state index is 0.0455. The van der Waals surface area contributed by atoms with E-state index in [-0.39, 0.29) is 29.7 Å². The summed E-state index contributed by atoms with van der Waals surface area (Å²) in [6.07, 6.45) is 5.31. The highest BCUT2D eigenvalue weighted by atomic mass is 32.1. The van der Waals surface area contributed by atoms with Crippen LogP contribution in [-0.4, -0.2) is 73.0 Å². The number of imidazole rings is 1. The van der Waals surface area contributed by atoms with Gasteiger partial charge >= 0.3 is 5.56 Å². The molecule has 1 amide bonds. The van der Waals surface area contributed by atoms with E-state index >= 15 is 0 Å². The Bertz CT molecular complexity index is 1470. The number of amides is 1. The number of benzene rings is 1. The monoisotopic (exact) mass is 496 g/mol. The van der Waals surface area contributed by atoms with Crippen LogP contribution in [0, 0.1) is 12.7 Å². The number of nitrogens with zero attached hydrogens (tertiary/aromatic N) is 6. The largest absolute Gasteiger partial charge is 0.501 e. The van der Waals surface area contributed by atoms with Gasteiger partial charge in [0, 0.05) is 56.1 Å². The fraction of sp³-hybridized carbons (Fsp3) is 0.333. The van der Waals surface area contributed by atoms with E-state index in [1.165, 1.54) is 28.0 Å². The Morgan fingerprint density at radius 3 is 2.71 bits per heavy atom. The Balaban J connectivity index is 1.43. The molecule has 1 aromatic carbocycles. The van der Waals surface area contributed by atoms with Gasteiger partial charge in [-0.25, -0.2) is 18.8 Å². The van der Waals surface area contributed by atoms with Crippen LogP contribution in [0.2, 0.25) is 0 Å². The molecule has 0 unspecified atom stereocenters. The number of aromatic nitrogens is 4. The lowest BCUT2D eigenvalue weighted by Crippen LogP contribution is -2.48. The maximum Gasteiger partial charge on any atom is 0.302 e. The van der Waals surface area contributed by atoms with Crippen molar-refractivity contribution in [3.05, 3.63) is 69.0 Å². The van der Waals surface area contributed by atoms with Crippen LogP contribution in [0.1, 0.15) is 16.0 Å². The third-order valence-electron chi connectivity index (χ3n) is 6.24. The van der Waals surface area contributed by atoms with Gasteiger partial charge in [0.1, 0.15) is 17.4 Å². The van der Waals surface area contributed by atoms with E-state index in [0.29, 0.717) is 30.1 Å². The van der Waals surface area contributed by atoms with Gasteiger partial charge in [-0.15, -0.1) is 11.3 Å². The van der Waals surface area contributed by atoms with Crippen LogP contribution in [0.25, 0.3) is 16.5 Å². The summed E-state index contributed by atoms with van der Waals surface area (Å²) in [4.78, 5) is 39.4. The van der Waals surface area contributed by atoms with Crippen molar-refractivity contribution >= 4 is 23.0 Å². The molecule has 5 rings (SSSR count). The number of hydrogen-bond acceptors (Lipinski definition) is 7. The topological polar surface area (TPSA) is 96.0 Å². The first kappa shape index (κ1) is 23.2. The second-order valence-electron chi connectivity index (χ2n) is 8.79. The Kier molecular flexibility index (Phi) is 6.12. The molecule has 1 fully saturated rings. The van der Waals surface area contributed by atoms with Gasteiger partial charge in [-0.2, -0.15) is 0 Å². The number of piperazine rings is 1. The van der Waals surface area contributed by atoms with Crippen LogP contribution >= 0.6 is 11.3 Å². The van der Waals surface area contributed by atoms with Crippen LogP contribution in [0.3, 0.4) is 0 Å². The molecular formula is C24H25FN6O3S. The Hall–Kier alpha value is -3.57. The SMILES string of the molecule is Cc1cc(Cc2cnc(-c3nc4n(CC(=O)N5CCN(C)CC5)ccn4c(=O)c3O)s2)ccc1F. The summed E-state index contributed by atoms with van der Waals surface area (Å²) in [5, 5.41) is 11.0. The molecule has 9 nitrogen and oxygen atoms in total. The van der Waals surface area contributed by atoms with Gasteiger partial charge in [0.25, 0.3) is 0 Å². The number of thiazole rings is 1. The molecule has 0 radical (unpaired) electrons. The van der Waals surface area contributed by atoms with E-state index in [2.05, 4.69) is 14.9 Å². The minimum Gasteiger partial charge on any atom is -0.501 e. The van der Waals surface area contributed by atoms with E-state index in [4.69, 9.17) is 0 Å².